The summed E-state index contributed by atoms with van der Waals surface area (Å²) in [7, 11) is 0. The average Bonchev–Trinajstić information content (AvgIpc) is 2.70. The Balaban J connectivity index is 2.10. The molecule has 1 aliphatic heterocycles. The van der Waals surface area contributed by atoms with E-state index >= 15 is 0 Å². The number of epoxide rings is 1. The molecule has 0 aromatic heterocycles. The number of hydrogen-bond donors (Lipinski definition) is 0. The van der Waals surface area contributed by atoms with Gasteiger partial charge >= 0.3 is 0 Å². The Kier molecular flexibility index (Phi) is 4.22. The molecule has 1 rings (SSSR count). The summed E-state index contributed by atoms with van der Waals surface area (Å²) >= 11 is 22.4. The highest BCUT2D eigenvalue weighted by atomic mass is 35.5. The third-order valence-corrected chi connectivity index (χ3v) is 3.17. The molecule has 0 radical (unpaired) electrons. The lowest BCUT2D eigenvalue weighted by atomic mass is 10.5. The van der Waals surface area contributed by atoms with E-state index in [1.807, 2.05) is 0 Å². The highest BCUT2D eigenvalue weighted by Gasteiger charge is 2.33. The second-order valence-electron chi connectivity index (χ2n) is 2.53. The van der Waals surface area contributed by atoms with E-state index in [0.717, 1.165) is 6.61 Å². The van der Waals surface area contributed by atoms with Crippen molar-refractivity contribution in [3.8, 4) is 0 Å². The Labute approximate surface area is 91.0 Å². The van der Waals surface area contributed by atoms with Crippen LogP contribution >= 0.6 is 46.4 Å². The minimum atomic E-state index is -1.24. The standard InChI is InChI=1S/C6H8Cl4O2/c7-5(8)6(9,10)3-11-1-4-2-12-4/h4-5H,1-3H2. The molecule has 1 fully saturated rings. The van der Waals surface area contributed by atoms with E-state index in [1.165, 1.54) is 0 Å². The van der Waals surface area contributed by atoms with Crippen molar-refractivity contribution in [1.29, 1.82) is 0 Å². The molecule has 1 heterocycles. The summed E-state index contributed by atoms with van der Waals surface area (Å²) in [5.74, 6) is 0. The Morgan fingerprint density at radius 2 is 2.08 bits per heavy atom. The van der Waals surface area contributed by atoms with Gasteiger partial charge < -0.3 is 9.47 Å². The zero-order valence-electron chi connectivity index (χ0n) is 6.10. The summed E-state index contributed by atoms with van der Waals surface area (Å²) in [6, 6.07) is 0. The van der Waals surface area contributed by atoms with Gasteiger partial charge in [-0.1, -0.05) is 23.2 Å². The summed E-state index contributed by atoms with van der Waals surface area (Å²) in [6.07, 6.45) is 0.193. The van der Waals surface area contributed by atoms with E-state index in [2.05, 4.69) is 0 Å². The van der Waals surface area contributed by atoms with Gasteiger partial charge in [-0.25, -0.2) is 0 Å². The molecular weight excluding hydrogens is 246 g/mol. The molecule has 1 saturated heterocycles. The number of ether oxygens (including phenoxy) is 2. The fourth-order valence-electron chi connectivity index (χ4n) is 0.554. The molecule has 1 aliphatic rings. The van der Waals surface area contributed by atoms with Gasteiger partial charge in [0.25, 0.3) is 0 Å². The van der Waals surface area contributed by atoms with E-state index in [4.69, 9.17) is 55.9 Å². The minimum absolute atomic E-state index is 0.105. The van der Waals surface area contributed by atoms with Crippen LogP contribution in [0.15, 0.2) is 0 Å². The minimum Gasteiger partial charge on any atom is -0.375 e. The fourth-order valence-corrected chi connectivity index (χ4v) is 0.834. The van der Waals surface area contributed by atoms with Gasteiger partial charge in [-0.05, 0) is 0 Å². The van der Waals surface area contributed by atoms with Crippen molar-refractivity contribution in [2.75, 3.05) is 19.8 Å². The quantitative estimate of drug-likeness (QED) is 0.555. The lowest BCUT2D eigenvalue weighted by molar-refractivity contribution is 0.112. The first-order chi connectivity index (χ1) is 5.52. The van der Waals surface area contributed by atoms with E-state index in [9.17, 15) is 0 Å². The predicted molar refractivity (Wildman–Crippen MR) is 50.5 cm³/mol. The maximum atomic E-state index is 5.71. The summed E-state index contributed by atoms with van der Waals surface area (Å²) < 4.78 is 8.79. The van der Waals surface area contributed by atoms with Crippen molar-refractivity contribution < 1.29 is 9.47 Å². The summed E-state index contributed by atoms with van der Waals surface area (Å²) in [4.78, 5) is -0.860. The Hall–Kier alpha value is 1.08. The molecule has 0 amide bonds. The third-order valence-electron chi connectivity index (χ3n) is 1.32. The number of alkyl halides is 4. The Bertz CT molecular complexity index is 146. The lowest BCUT2D eigenvalue weighted by Crippen LogP contribution is -2.29. The molecule has 0 spiro atoms. The van der Waals surface area contributed by atoms with Crippen LogP contribution in [0.2, 0.25) is 0 Å². The fraction of sp³-hybridized carbons (Fsp3) is 1.00. The summed E-state index contributed by atoms with van der Waals surface area (Å²) in [5.41, 5.74) is 0. The van der Waals surface area contributed by atoms with Crippen LogP contribution in [0.1, 0.15) is 0 Å². The zero-order chi connectivity index (χ0) is 9.19. The van der Waals surface area contributed by atoms with Crippen molar-refractivity contribution in [2.45, 2.75) is 15.3 Å². The monoisotopic (exact) mass is 252 g/mol. The second kappa shape index (κ2) is 4.54. The predicted octanol–water partition coefficient (Wildman–Crippen LogP) is 2.38. The number of rotatable bonds is 5. The van der Waals surface area contributed by atoms with Crippen LogP contribution in [0.4, 0.5) is 0 Å². The Morgan fingerprint density at radius 3 is 2.50 bits per heavy atom. The average molecular weight is 254 g/mol. The topological polar surface area (TPSA) is 21.8 Å². The molecule has 1 atom stereocenters. The maximum absolute atomic E-state index is 5.71. The normalized spacial score (nSPS) is 23.2. The van der Waals surface area contributed by atoms with Crippen molar-refractivity contribution in [3.05, 3.63) is 0 Å². The lowest BCUT2D eigenvalue weighted by Gasteiger charge is -2.19. The van der Waals surface area contributed by atoms with E-state index in [-0.39, 0.29) is 12.7 Å². The molecule has 0 aliphatic carbocycles. The molecule has 1 unspecified atom stereocenters. The number of halogens is 4. The first kappa shape index (κ1) is 11.2. The SMILES string of the molecule is ClC(Cl)C(Cl)(Cl)COCC1CO1. The highest BCUT2D eigenvalue weighted by molar-refractivity contribution is 6.59. The van der Waals surface area contributed by atoms with Gasteiger partial charge in [-0.3, -0.25) is 0 Å². The third kappa shape index (κ3) is 3.86. The maximum Gasteiger partial charge on any atom is 0.171 e. The van der Waals surface area contributed by atoms with Crippen LogP contribution < -0.4 is 0 Å². The largest absolute Gasteiger partial charge is 0.375 e. The molecule has 0 N–H and O–H groups in total. The van der Waals surface area contributed by atoms with Gasteiger partial charge in [0, 0.05) is 0 Å². The smallest absolute Gasteiger partial charge is 0.171 e. The second-order valence-corrected chi connectivity index (χ2v) is 5.17. The van der Waals surface area contributed by atoms with Gasteiger partial charge in [-0.2, -0.15) is 0 Å². The number of hydrogen-bond acceptors (Lipinski definition) is 2. The molecule has 0 bridgehead atoms. The van der Waals surface area contributed by atoms with Gasteiger partial charge in [-0.15, -0.1) is 23.2 Å². The van der Waals surface area contributed by atoms with Crippen molar-refractivity contribution >= 4 is 46.4 Å². The molecule has 0 aromatic rings. The molecule has 0 saturated carbocycles. The van der Waals surface area contributed by atoms with E-state index < -0.39 is 9.17 Å². The zero-order valence-corrected chi connectivity index (χ0v) is 9.13. The summed E-state index contributed by atoms with van der Waals surface area (Å²) in [6.45, 7) is 1.33. The van der Waals surface area contributed by atoms with Crippen LogP contribution in [0.5, 0.6) is 0 Å². The van der Waals surface area contributed by atoms with Gasteiger partial charge in [0.2, 0.25) is 0 Å². The van der Waals surface area contributed by atoms with Crippen LogP contribution in [-0.2, 0) is 9.47 Å². The first-order valence-electron chi connectivity index (χ1n) is 3.37. The van der Waals surface area contributed by atoms with E-state index in [0.29, 0.717) is 6.61 Å². The van der Waals surface area contributed by atoms with Crippen LogP contribution in [0, 0.1) is 0 Å². The molecule has 6 heteroatoms. The van der Waals surface area contributed by atoms with Gasteiger partial charge in [0.15, 0.2) is 4.33 Å². The molecular formula is C6H8Cl4O2. The van der Waals surface area contributed by atoms with Gasteiger partial charge in [0.1, 0.15) is 10.9 Å². The summed E-state index contributed by atoms with van der Waals surface area (Å²) in [5, 5.41) is 0. The van der Waals surface area contributed by atoms with Crippen LogP contribution in [0.3, 0.4) is 0 Å². The van der Waals surface area contributed by atoms with Crippen LogP contribution in [0.25, 0.3) is 0 Å². The van der Waals surface area contributed by atoms with Crippen molar-refractivity contribution in [1.82, 2.24) is 0 Å². The van der Waals surface area contributed by atoms with Crippen molar-refractivity contribution in [3.63, 3.8) is 0 Å². The first-order valence-corrected chi connectivity index (χ1v) is 5.00. The van der Waals surface area contributed by atoms with Crippen LogP contribution in [-0.4, -0.2) is 35.1 Å². The van der Waals surface area contributed by atoms with E-state index in [1.54, 1.807) is 0 Å². The van der Waals surface area contributed by atoms with Crippen molar-refractivity contribution in [2.24, 2.45) is 0 Å². The highest BCUT2D eigenvalue weighted by Crippen LogP contribution is 2.32. The Morgan fingerprint density at radius 1 is 1.50 bits per heavy atom. The molecule has 0 aromatic carbocycles. The molecule has 2 nitrogen and oxygen atoms in total. The molecule has 72 valence electrons. The molecule has 12 heavy (non-hydrogen) atoms. The van der Waals surface area contributed by atoms with Gasteiger partial charge in [0.05, 0.1) is 19.8 Å².